The normalized spacial score (nSPS) is 14.1. The first-order valence-corrected chi connectivity index (χ1v) is 13.5. The smallest absolute Gasteiger partial charge is 0.217 e. The van der Waals surface area contributed by atoms with Gasteiger partial charge in [0, 0.05) is 27.0 Å². The molecular formula is C32H31IN2O2. The third-order valence-electron chi connectivity index (χ3n) is 7.08. The van der Waals surface area contributed by atoms with Gasteiger partial charge in [-0.3, -0.25) is 0 Å². The molecule has 0 bridgehead atoms. The van der Waals surface area contributed by atoms with E-state index in [4.69, 9.17) is 9.72 Å². The fourth-order valence-electron chi connectivity index (χ4n) is 5.31. The van der Waals surface area contributed by atoms with Crippen LogP contribution in [0.3, 0.4) is 0 Å². The highest BCUT2D eigenvalue weighted by Crippen LogP contribution is 2.48. The van der Waals surface area contributed by atoms with Crippen molar-refractivity contribution in [3.8, 4) is 5.88 Å². The zero-order valence-corrected chi connectivity index (χ0v) is 23.5. The second-order valence-electron chi connectivity index (χ2n) is 9.77. The first kappa shape index (κ1) is 25.6. The molecule has 0 spiro atoms. The second kappa shape index (κ2) is 10.8. The minimum Gasteiger partial charge on any atom is -0.481 e. The van der Waals surface area contributed by atoms with E-state index in [9.17, 15) is 5.11 Å². The Morgan fingerprint density at radius 1 is 0.892 bits per heavy atom. The molecule has 0 saturated heterocycles. The molecule has 4 aromatic carbocycles. The number of nitrogens with zero attached hydrogens (tertiary/aromatic N) is 2. The predicted molar refractivity (Wildman–Crippen MR) is 160 cm³/mol. The summed E-state index contributed by atoms with van der Waals surface area (Å²) in [6.45, 7) is 0.713. The van der Waals surface area contributed by atoms with Crippen LogP contribution in [0.5, 0.6) is 5.88 Å². The first-order chi connectivity index (χ1) is 17.9. The number of pyridine rings is 1. The Balaban J connectivity index is 1.84. The summed E-state index contributed by atoms with van der Waals surface area (Å²) in [5.74, 6) is 0.121. The van der Waals surface area contributed by atoms with Crippen molar-refractivity contribution >= 4 is 44.3 Å². The lowest BCUT2D eigenvalue weighted by molar-refractivity contribution is 0.00520. The molecule has 37 heavy (non-hydrogen) atoms. The highest BCUT2D eigenvalue weighted by atomic mass is 127. The molecule has 1 N–H and O–H groups in total. The summed E-state index contributed by atoms with van der Waals surface area (Å²) in [7, 11) is 5.74. The van der Waals surface area contributed by atoms with Gasteiger partial charge in [-0.25, -0.2) is 4.98 Å². The molecule has 0 saturated carbocycles. The van der Waals surface area contributed by atoms with Crippen molar-refractivity contribution < 1.29 is 9.84 Å². The fraction of sp³-hybridized carbons (Fsp3) is 0.219. The number of ether oxygens (including phenoxy) is 1. The molecule has 2 atom stereocenters. The van der Waals surface area contributed by atoms with Gasteiger partial charge in [-0.2, -0.15) is 0 Å². The van der Waals surface area contributed by atoms with Crippen molar-refractivity contribution in [3.05, 3.63) is 117 Å². The number of fused-ring (bicyclic) bond motifs is 2. The van der Waals surface area contributed by atoms with Crippen molar-refractivity contribution in [1.82, 2.24) is 9.88 Å². The van der Waals surface area contributed by atoms with E-state index in [-0.39, 0.29) is 0 Å². The Kier molecular flexibility index (Phi) is 7.47. The maximum atomic E-state index is 13.0. The SMILES string of the molecule is COc1nc2ccc(I)cc2cc1C(c1ccccc1)C(O)(CCN(C)C)c1cccc2ccccc12. The molecule has 5 heteroatoms. The van der Waals surface area contributed by atoms with Gasteiger partial charge >= 0.3 is 0 Å². The molecular weight excluding hydrogens is 571 g/mol. The lowest BCUT2D eigenvalue weighted by Crippen LogP contribution is -2.38. The number of rotatable bonds is 8. The van der Waals surface area contributed by atoms with Gasteiger partial charge in [0.2, 0.25) is 5.88 Å². The minimum atomic E-state index is -1.24. The predicted octanol–water partition coefficient (Wildman–Crippen LogP) is 6.97. The third kappa shape index (κ3) is 5.08. The molecule has 0 aliphatic rings. The zero-order valence-electron chi connectivity index (χ0n) is 21.4. The van der Waals surface area contributed by atoms with Crippen LogP contribution in [-0.2, 0) is 5.60 Å². The van der Waals surface area contributed by atoms with E-state index in [0.29, 0.717) is 18.8 Å². The van der Waals surface area contributed by atoms with E-state index in [2.05, 4.69) is 76.0 Å². The number of benzene rings is 4. The summed E-state index contributed by atoms with van der Waals surface area (Å²) >= 11 is 2.33. The molecule has 5 rings (SSSR count). The van der Waals surface area contributed by atoms with Crippen LogP contribution < -0.4 is 4.74 Å². The van der Waals surface area contributed by atoms with E-state index < -0.39 is 11.5 Å². The zero-order chi connectivity index (χ0) is 26.0. The van der Waals surface area contributed by atoms with Crippen LogP contribution in [0.15, 0.2) is 97.1 Å². The van der Waals surface area contributed by atoms with E-state index >= 15 is 0 Å². The monoisotopic (exact) mass is 602 g/mol. The Morgan fingerprint density at radius 3 is 2.38 bits per heavy atom. The summed E-state index contributed by atoms with van der Waals surface area (Å²) in [6.07, 6.45) is 0.529. The fourth-order valence-corrected chi connectivity index (χ4v) is 5.82. The summed E-state index contributed by atoms with van der Waals surface area (Å²) < 4.78 is 7.03. The Hall–Kier alpha value is -3.00. The van der Waals surface area contributed by atoms with Crippen molar-refractivity contribution in [1.29, 1.82) is 0 Å². The van der Waals surface area contributed by atoms with Gasteiger partial charge in [0.1, 0.15) is 5.60 Å². The van der Waals surface area contributed by atoms with Gasteiger partial charge in [0.15, 0.2) is 0 Å². The van der Waals surface area contributed by atoms with E-state index in [1.54, 1.807) is 7.11 Å². The molecule has 1 heterocycles. The van der Waals surface area contributed by atoms with Gasteiger partial charge in [0.25, 0.3) is 0 Å². The van der Waals surface area contributed by atoms with Gasteiger partial charge in [-0.05, 0) is 89.3 Å². The lowest BCUT2D eigenvalue weighted by atomic mass is 9.70. The van der Waals surface area contributed by atoms with Crippen LogP contribution in [0.4, 0.5) is 0 Å². The number of aliphatic hydroxyl groups is 1. The second-order valence-corrected chi connectivity index (χ2v) is 11.0. The number of aromatic nitrogens is 1. The molecule has 0 fully saturated rings. The average molecular weight is 603 g/mol. The van der Waals surface area contributed by atoms with Gasteiger partial charge in [-0.1, -0.05) is 72.8 Å². The maximum absolute atomic E-state index is 13.0. The van der Waals surface area contributed by atoms with E-state index in [1.807, 2.05) is 62.6 Å². The summed E-state index contributed by atoms with van der Waals surface area (Å²) in [5, 5.41) is 16.2. The molecule has 4 nitrogen and oxygen atoms in total. The molecule has 0 amide bonds. The Bertz CT molecular complexity index is 1530. The molecule has 5 aromatic rings. The molecule has 2 unspecified atom stereocenters. The summed E-state index contributed by atoms with van der Waals surface area (Å²) in [6, 6.07) is 33.1. The van der Waals surface area contributed by atoms with Gasteiger partial charge in [-0.15, -0.1) is 0 Å². The standard InChI is InChI=1S/C32H31IN2O2/c1-35(2)19-18-32(36,28-15-9-13-22-10-7-8-14-26(22)28)30(23-11-5-4-6-12-23)27-21-24-20-25(33)16-17-29(24)34-31(27)37-3/h4-17,20-21,30,36H,18-19H2,1-3H3. The van der Waals surface area contributed by atoms with E-state index in [0.717, 1.165) is 41.9 Å². The van der Waals surface area contributed by atoms with Gasteiger partial charge in [0.05, 0.1) is 12.6 Å². The molecule has 0 radical (unpaired) electrons. The molecule has 0 aliphatic heterocycles. The molecule has 188 valence electrons. The van der Waals surface area contributed by atoms with Crippen LogP contribution in [0.25, 0.3) is 21.7 Å². The maximum Gasteiger partial charge on any atom is 0.217 e. The van der Waals surface area contributed by atoms with Gasteiger partial charge < -0.3 is 14.7 Å². The van der Waals surface area contributed by atoms with Crippen molar-refractivity contribution in [2.75, 3.05) is 27.7 Å². The quantitative estimate of drug-likeness (QED) is 0.195. The molecule has 0 aliphatic carbocycles. The van der Waals surface area contributed by atoms with Crippen LogP contribution in [-0.4, -0.2) is 42.7 Å². The highest BCUT2D eigenvalue weighted by molar-refractivity contribution is 14.1. The van der Waals surface area contributed by atoms with Crippen LogP contribution >= 0.6 is 22.6 Å². The number of methoxy groups -OCH3 is 1. The summed E-state index contributed by atoms with van der Waals surface area (Å²) in [5.41, 5.74) is 2.43. The summed E-state index contributed by atoms with van der Waals surface area (Å²) in [4.78, 5) is 7.02. The Labute approximate surface area is 232 Å². The molecule has 1 aromatic heterocycles. The van der Waals surface area contributed by atoms with Crippen molar-refractivity contribution in [3.63, 3.8) is 0 Å². The first-order valence-electron chi connectivity index (χ1n) is 12.4. The highest BCUT2D eigenvalue weighted by Gasteiger charge is 2.43. The number of halogens is 1. The van der Waals surface area contributed by atoms with Crippen molar-refractivity contribution in [2.45, 2.75) is 17.9 Å². The van der Waals surface area contributed by atoms with Crippen LogP contribution in [0.1, 0.15) is 29.0 Å². The minimum absolute atomic E-state index is 0.413. The van der Waals surface area contributed by atoms with Crippen molar-refractivity contribution in [2.24, 2.45) is 0 Å². The average Bonchev–Trinajstić information content (AvgIpc) is 2.92. The Morgan fingerprint density at radius 2 is 1.62 bits per heavy atom. The largest absolute Gasteiger partial charge is 0.481 e. The number of hydrogen-bond donors (Lipinski definition) is 1. The third-order valence-corrected chi connectivity index (χ3v) is 7.75. The number of hydrogen-bond acceptors (Lipinski definition) is 4. The van der Waals surface area contributed by atoms with E-state index in [1.165, 1.54) is 0 Å². The topological polar surface area (TPSA) is 45.6 Å². The lowest BCUT2D eigenvalue weighted by Gasteiger charge is -2.39. The van der Waals surface area contributed by atoms with Crippen LogP contribution in [0.2, 0.25) is 0 Å². The van der Waals surface area contributed by atoms with Crippen LogP contribution in [0, 0.1) is 3.57 Å².